The summed E-state index contributed by atoms with van der Waals surface area (Å²) in [5.41, 5.74) is 11.0. The molecule has 56 heavy (non-hydrogen) atoms. The third kappa shape index (κ3) is 11.5. The molecule has 0 saturated heterocycles. The third-order valence-corrected chi connectivity index (χ3v) is 12.0. The van der Waals surface area contributed by atoms with Crippen molar-refractivity contribution in [1.29, 1.82) is 0 Å². The molecule has 0 aliphatic rings. The van der Waals surface area contributed by atoms with Gasteiger partial charge in [-0.2, -0.15) is 12.1 Å². The molecule has 6 rings (SSSR count). The molecule has 0 unspecified atom stereocenters. The van der Waals surface area contributed by atoms with Gasteiger partial charge in [0.25, 0.3) is 0 Å². The Hall–Kier alpha value is -2.30. The topological polar surface area (TPSA) is 0 Å². The average Bonchev–Trinajstić information content (AvgIpc) is 3.87. The van der Waals surface area contributed by atoms with Gasteiger partial charge in [-0.05, 0) is 113 Å². The minimum atomic E-state index is -0.826. The standard InChI is InChI=1S/2C24H31N.C2H6Si.2ClH.Zr/c2*1-6-25(7-2,8-3)22-14-12-19(13-15-22)23-11-9-10-20-16-21(18(4)5)17-24(20)23;1-3-2;;;/h2*9-18H,6-8H2,1-5H3;1-2H3;2*1H;/q;;;;;+4/p-2. The molecule has 0 spiro atoms. The Morgan fingerprint density at radius 1 is 0.518 bits per heavy atom. The van der Waals surface area contributed by atoms with Crippen molar-refractivity contribution in [3.8, 4) is 22.3 Å². The van der Waals surface area contributed by atoms with E-state index >= 15 is 0 Å². The van der Waals surface area contributed by atoms with Crippen molar-refractivity contribution in [2.75, 3.05) is 39.3 Å². The Kier molecular flexibility index (Phi) is 20.0. The molecule has 0 aliphatic heterocycles. The third-order valence-electron chi connectivity index (χ3n) is 12.0. The van der Waals surface area contributed by atoms with E-state index in [4.69, 9.17) is 17.0 Å². The first-order valence-electron chi connectivity index (χ1n) is 20.8. The summed E-state index contributed by atoms with van der Waals surface area (Å²) >= 11 is -0.826. The molecular weight excluding hydrogens is 819 g/mol. The summed E-state index contributed by atoms with van der Waals surface area (Å²) in [6, 6.07) is 41.3. The molecule has 0 amide bonds. The second-order valence-corrected chi connectivity index (χ2v) is 20.1. The Bertz CT molecular complexity index is 1850. The number of nitrogens with zero attached hydrogens (tertiary/aromatic N) is 2. The van der Waals surface area contributed by atoms with E-state index in [2.05, 4.69) is 192 Å². The molecule has 0 fully saturated rings. The van der Waals surface area contributed by atoms with Crippen LogP contribution in [0, 0.1) is 0 Å². The van der Waals surface area contributed by atoms with E-state index in [9.17, 15) is 0 Å². The quantitative estimate of drug-likeness (QED) is 0.0652. The molecule has 6 aromatic carbocycles. The SMILES string of the molecule is CC[N+](CC)(CC)c1ccc(-c2cccc3[cH-]c(C(C)C)cc23)cc1.CC[N+](CC)(CC)c1ccc(-c2cccc3[cH-]c(C(C)C)cc23)cc1.C[Si]C.[Cl][Zr+2][Cl]. The van der Waals surface area contributed by atoms with Crippen LogP contribution in [0.15, 0.2) is 109 Å². The molecule has 2 nitrogen and oxygen atoms in total. The Morgan fingerprint density at radius 2 is 0.804 bits per heavy atom. The van der Waals surface area contributed by atoms with Crippen LogP contribution >= 0.6 is 17.0 Å². The summed E-state index contributed by atoms with van der Waals surface area (Å²) in [7, 11) is 11.0. The van der Waals surface area contributed by atoms with Crippen LogP contribution in [-0.2, 0) is 20.8 Å². The van der Waals surface area contributed by atoms with Gasteiger partial charge in [-0.25, -0.2) is 0 Å². The second kappa shape index (κ2) is 23.3. The van der Waals surface area contributed by atoms with Gasteiger partial charge in [0, 0.05) is 9.52 Å². The van der Waals surface area contributed by atoms with Crippen molar-refractivity contribution in [3.05, 3.63) is 120 Å². The number of fused-ring (bicyclic) bond motifs is 2. The van der Waals surface area contributed by atoms with Crippen LogP contribution in [0.1, 0.15) is 92.2 Å². The molecule has 0 atom stereocenters. The number of hydrogen-bond acceptors (Lipinski definition) is 0. The van der Waals surface area contributed by atoms with Crippen molar-refractivity contribution in [1.82, 2.24) is 8.97 Å². The van der Waals surface area contributed by atoms with Crippen LogP contribution in [0.4, 0.5) is 11.4 Å². The molecule has 0 heterocycles. The monoisotopic (exact) mass is 884 g/mol. The molecule has 0 aromatic heterocycles. The summed E-state index contributed by atoms with van der Waals surface area (Å²) in [6.45, 7) is 34.0. The molecular formula is C50H68Cl2N2SiZr+2. The van der Waals surface area contributed by atoms with Gasteiger partial charge in [0.1, 0.15) is 11.4 Å². The summed E-state index contributed by atoms with van der Waals surface area (Å²) in [5.74, 6) is 1.14. The molecule has 0 aliphatic carbocycles. The van der Waals surface area contributed by atoms with E-state index in [-0.39, 0.29) is 0 Å². The van der Waals surface area contributed by atoms with Crippen LogP contribution in [-0.4, -0.2) is 48.8 Å². The van der Waals surface area contributed by atoms with E-state index in [1.165, 1.54) is 66.3 Å². The van der Waals surface area contributed by atoms with Crippen LogP contribution < -0.4 is 8.97 Å². The van der Waals surface area contributed by atoms with Gasteiger partial charge in [0.2, 0.25) is 0 Å². The van der Waals surface area contributed by atoms with Crippen molar-refractivity contribution in [2.45, 2.75) is 94.2 Å². The second-order valence-electron chi connectivity index (χ2n) is 15.4. The van der Waals surface area contributed by atoms with Gasteiger partial charge in [0.05, 0.1) is 39.3 Å². The maximum atomic E-state index is 4.93. The fraction of sp³-hybridized carbons (Fsp3) is 0.400. The van der Waals surface area contributed by atoms with Gasteiger partial charge in [-0.3, -0.25) is 8.97 Å². The fourth-order valence-corrected chi connectivity index (χ4v) is 8.04. The summed E-state index contributed by atoms with van der Waals surface area (Å²) < 4.78 is 2.11. The Balaban J connectivity index is 0.000000264. The van der Waals surface area contributed by atoms with Crippen molar-refractivity contribution in [3.63, 3.8) is 0 Å². The van der Waals surface area contributed by atoms with Gasteiger partial charge in [-0.15, -0.1) is 69.1 Å². The summed E-state index contributed by atoms with van der Waals surface area (Å²) in [6.07, 6.45) is 0. The predicted octanol–water partition coefficient (Wildman–Crippen LogP) is 15.6. The average molecular weight is 887 g/mol. The molecule has 6 heteroatoms. The zero-order valence-electron chi connectivity index (χ0n) is 36.4. The van der Waals surface area contributed by atoms with Gasteiger partial charge in [-0.1, -0.05) is 64.0 Å². The van der Waals surface area contributed by atoms with E-state index in [1.54, 1.807) is 0 Å². The number of benzene rings is 4. The molecule has 0 saturated carbocycles. The van der Waals surface area contributed by atoms with Crippen molar-refractivity contribution >= 4 is 59.5 Å². The van der Waals surface area contributed by atoms with Crippen LogP contribution in [0.5, 0.6) is 0 Å². The predicted molar refractivity (Wildman–Crippen MR) is 254 cm³/mol. The Morgan fingerprint density at radius 3 is 1.05 bits per heavy atom. The first-order chi connectivity index (χ1) is 26.9. The Labute approximate surface area is 362 Å². The van der Waals surface area contributed by atoms with E-state index in [0.29, 0.717) is 11.8 Å². The van der Waals surface area contributed by atoms with E-state index in [0.717, 1.165) is 57.8 Å². The molecule has 6 aromatic rings. The maximum absolute atomic E-state index is 4.93. The van der Waals surface area contributed by atoms with E-state index < -0.39 is 20.8 Å². The van der Waals surface area contributed by atoms with Crippen LogP contribution in [0.3, 0.4) is 0 Å². The molecule has 0 N–H and O–H groups in total. The zero-order chi connectivity index (χ0) is 41.5. The first kappa shape index (κ1) is 48.1. The number of quaternary nitrogens is 2. The fourth-order valence-electron chi connectivity index (χ4n) is 8.04. The van der Waals surface area contributed by atoms with Crippen LogP contribution in [0.2, 0.25) is 13.1 Å². The van der Waals surface area contributed by atoms with Gasteiger partial charge < -0.3 is 0 Å². The zero-order valence-corrected chi connectivity index (χ0v) is 41.4. The first-order valence-corrected chi connectivity index (χ1v) is 29.1. The van der Waals surface area contributed by atoms with E-state index in [1.807, 2.05) is 0 Å². The van der Waals surface area contributed by atoms with Crippen LogP contribution in [0.25, 0.3) is 43.8 Å². The van der Waals surface area contributed by atoms with Gasteiger partial charge >= 0.3 is 37.9 Å². The van der Waals surface area contributed by atoms with Crippen molar-refractivity contribution in [2.24, 2.45) is 0 Å². The number of hydrogen-bond donors (Lipinski definition) is 0. The van der Waals surface area contributed by atoms with Crippen molar-refractivity contribution < 1.29 is 20.8 Å². The minimum absolute atomic E-state index is 0.569. The summed E-state index contributed by atoms with van der Waals surface area (Å²) in [4.78, 5) is 0. The molecule has 2 radical (unpaired) electrons. The summed E-state index contributed by atoms with van der Waals surface area (Å²) in [5, 5.41) is 5.46. The molecule has 0 bridgehead atoms. The number of halogens is 2. The molecule has 298 valence electrons. The normalized spacial score (nSPS) is 11.4. The number of rotatable bonds is 12. The van der Waals surface area contributed by atoms with Gasteiger partial charge in [0.15, 0.2) is 0 Å².